The molecule has 3 aliphatic rings. The number of hydrogen-bond acceptors (Lipinski definition) is 2. The van der Waals surface area contributed by atoms with Crippen molar-refractivity contribution in [1.29, 1.82) is 0 Å². The summed E-state index contributed by atoms with van der Waals surface area (Å²) in [7, 11) is 0. The summed E-state index contributed by atoms with van der Waals surface area (Å²) in [5.41, 5.74) is -1.90. The molecule has 0 saturated heterocycles. The lowest BCUT2D eigenvalue weighted by molar-refractivity contribution is -0.200. The van der Waals surface area contributed by atoms with Gasteiger partial charge in [-0.1, -0.05) is 26.7 Å². The minimum atomic E-state index is -1.03. The molecule has 0 aromatic carbocycles. The van der Waals surface area contributed by atoms with Crippen LogP contribution in [0, 0.1) is 17.3 Å². The van der Waals surface area contributed by atoms with Gasteiger partial charge >= 0.3 is 5.97 Å². The van der Waals surface area contributed by atoms with Gasteiger partial charge < -0.3 is 10.2 Å². The number of fused-ring (bicyclic) bond motifs is 3. The Bertz CT molecular complexity index is 301. The zero-order chi connectivity index (χ0) is 12.7. The molecule has 98 valence electrons. The van der Waals surface area contributed by atoms with Crippen molar-refractivity contribution in [3.05, 3.63) is 0 Å². The van der Waals surface area contributed by atoms with Crippen LogP contribution in [-0.4, -0.2) is 21.8 Å². The largest absolute Gasteiger partial charge is 0.481 e. The van der Waals surface area contributed by atoms with Crippen molar-refractivity contribution in [2.45, 2.75) is 64.4 Å². The van der Waals surface area contributed by atoms with Gasteiger partial charge in [-0.15, -0.1) is 0 Å². The molecular weight excluding hydrogens is 216 g/mol. The molecular formula is C14H24O3. The predicted octanol–water partition coefficient (Wildman–Crippen LogP) is 2.82. The van der Waals surface area contributed by atoms with Crippen molar-refractivity contribution in [2.75, 3.05) is 0 Å². The third kappa shape index (κ3) is 1.62. The van der Waals surface area contributed by atoms with Crippen LogP contribution in [0.15, 0.2) is 0 Å². The molecule has 3 aliphatic carbocycles. The highest BCUT2D eigenvalue weighted by Crippen LogP contribution is 2.59. The van der Waals surface area contributed by atoms with E-state index >= 15 is 0 Å². The van der Waals surface area contributed by atoms with Gasteiger partial charge in [-0.2, -0.15) is 0 Å². The minimum absolute atomic E-state index is 0.176. The van der Waals surface area contributed by atoms with E-state index in [2.05, 4.69) is 0 Å². The molecule has 0 aromatic heterocycles. The number of carboxylic acids is 1. The summed E-state index contributed by atoms with van der Waals surface area (Å²) < 4.78 is 0. The van der Waals surface area contributed by atoms with Crippen molar-refractivity contribution in [3.8, 4) is 0 Å². The number of carbonyl (C=O) groups is 1. The van der Waals surface area contributed by atoms with E-state index in [-0.39, 0.29) is 5.92 Å². The molecule has 0 amide bonds. The van der Waals surface area contributed by atoms with E-state index in [1.165, 1.54) is 0 Å². The third-order valence-corrected chi connectivity index (χ3v) is 5.54. The van der Waals surface area contributed by atoms with Gasteiger partial charge in [0.2, 0.25) is 0 Å². The van der Waals surface area contributed by atoms with Gasteiger partial charge in [-0.05, 0) is 43.9 Å². The van der Waals surface area contributed by atoms with Crippen molar-refractivity contribution in [3.63, 3.8) is 0 Å². The molecule has 1 atom stereocenters. The molecule has 2 bridgehead atoms. The van der Waals surface area contributed by atoms with Crippen LogP contribution in [-0.2, 0) is 4.79 Å². The Morgan fingerprint density at radius 2 is 1.76 bits per heavy atom. The molecule has 0 spiro atoms. The molecule has 2 N–H and O–H groups in total. The van der Waals surface area contributed by atoms with Crippen LogP contribution in [0.25, 0.3) is 0 Å². The summed E-state index contributed by atoms with van der Waals surface area (Å²) >= 11 is 0. The number of aliphatic carboxylic acids is 1. The summed E-state index contributed by atoms with van der Waals surface area (Å²) in [5, 5.41) is 20.6. The van der Waals surface area contributed by atoms with Crippen LogP contribution in [0.3, 0.4) is 0 Å². The molecule has 3 heteroatoms. The number of rotatable bonds is 4. The molecule has 3 rings (SSSR count). The first kappa shape index (κ1) is 12.9. The Kier molecular flexibility index (Phi) is 3.23. The van der Waals surface area contributed by atoms with Crippen LogP contribution in [0.4, 0.5) is 0 Å². The Morgan fingerprint density at radius 3 is 2.06 bits per heavy atom. The maximum Gasteiger partial charge on any atom is 0.312 e. The van der Waals surface area contributed by atoms with Crippen molar-refractivity contribution >= 4 is 5.97 Å². The van der Waals surface area contributed by atoms with E-state index in [0.29, 0.717) is 25.2 Å². The standard InChI is InChI=1S/C14H24O3/c1-3-13(17,4-2)14(12(15)16)9-10-5-7-11(14)8-6-10/h10-11,17H,3-9H2,1-2H3,(H,15,16). The Labute approximate surface area is 103 Å². The number of hydrogen-bond donors (Lipinski definition) is 2. The molecule has 1 unspecified atom stereocenters. The molecule has 3 fully saturated rings. The third-order valence-electron chi connectivity index (χ3n) is 5.54. The Morgan fingerprint density at radius 1 is 1.24 bits per heavy atom. The van der Waals surface area contributed by atoms with Gasteiger partial charge in [0.05, 0.1) is 11.0 Å². The zero-order valence-electron chi connectivity index (χ0n) is 10.9. The number of carboxylic acid groups (broad SMARTS) is 1. The van der Waals surface area contributed by atoms with Gasteiger partial charge in [0.25, 0.3) is 0 Å². The molecule has 3 nitrogen and oxygen atoms in total. The lowest BCUT2D eigenvalue weighted by Gasteiger charge is -2.56. The summed E-state index contributed by atoms with van der Waals surface area (Å²) in [4.78, 5) is 11.9. The fourth-order valence-electron chi connectivity index (χ4n) is 4.39. The quantitative estimate of drug-likeness (QED) is 0.794. The van der Waals surface area contributed by atoms with Crippen LogP contribution < -0.4 is 0 Å². The molecule has 0 heterocycles. The SMILES string of the molecule is CCC(O)(CC)C1(C(=O)O)CC2CCC1CC2. The normalized spacial score (nSPS) is 37.1. The van der Waals surface area contributed by atoms with Gasteiger partial charge in [-0.3, -0.25) is 4.79 Å². The summed E-state index contributed by atoms with van der Waals surface area (Å²) in [6.07, 6.45) is 6.05. The first-order valence-electron chi connectivity index (χ1n) is 6.96. The monoisotopic (exact) mass is 240 g/mol. The predicted molar refractivity (Wildman–Crippen MR) is 65.7 cm³/mol. The van der Waals surface area contributed by atoms with E-state index in [9.17, 15) is 15.0 Å². The summed E-state index contributed by atoms with van der Waals surface area (Å²) in [5.74, 6) is -0.0753. The first-order chi connectivity index (χ1) is 8.00. The second kappa shape index (κ2) is 4.27. The van der Waals surface area contributed by atoms with Crippen molar-refractivity contribution in [2.24, 2.45) is 17.3 Å². The molecule has 3 saturated carbocycles. The van der Waals surface area contributed by atoms with Gasteiger partial charge in [0.1, 0.15) is 0 Å². The average Bonchev–Trinajstić information content (AvgIpc) is 2.38. The van der Waals surface area contributed by atoms with Gasteiger partial charge in [0.15, 0.2) is 0 Å². The maximum absolute atomic E-state index is 11.9. The summed E-state index contributed by atoms with van der Waals surface area (Å²) in [6, 6.07) is 0. The summed E-state index contributed by atoms with van der Waals surface area (Å²) in [6.45, 7) is 3.83. The lowest BCUT2D eigenvalue weighted by Crippen LogP contribution is -2.61. The highest BCUT2D eigenvalue weighted by Gasteiger charge is 2.62. The maximum atomic E-state index is 11.9. The second-order valence-electron chi connectivity index (χ2n) is 5.94. The molecule has 0 radical (unpaired) electrons. The highest BCUT2D eigenvalue weighted by atomic mass is 16.4. The van der Waals surface area contributed by atoms with E-state index in [4.69, 9.17) is 0 Å². The van der Waals surface area contributed by atoms with E-state index < -0.39 is 17.0 Å². The lowest BCUT2D eigenvalue weighted by atomic mass is 9.49. The van der Waals surface area contributed by atoms with E-state index in [0.717, 1.165) is 25.7 Å². The topological polar surface area (TPSA) is 57.5 Å². The van der Waals surface area contributed by atoms with Crippen LogP contribution in [0.1, 0.15) is 58.8 Å². The van der Waals surface area contributed by atoms with E-state index in [1.54, 1.807) is 0 Å². The fourth-order valence-corrected chi connectivity index (χ4v) is 4.39. The van der Waals surface area contributed by atoms with Gasteiger partial charge in [-0.25, -0.2) is 0 Å². The average molecular weight is 240 g/mol. The molecule has 0 aromatic rings. The van der Waals surface area contributed by atoms with E-state index in [1.807, 2.05) is 13.8 Å². The Balaban J connectivity index is 2.43. The second-order valence-corrected chi connectivity index (χ2v) is 5.94. The minimum Gasteiger partial charge on any atom is -0.481 e. The van der Waals surface area contributed by atoms with Crippen molar-refractivity contribution in [1.82, 2.24) is 0 Å². The zero-order valence-corrected chi connectivity index (χ0v) is 10.9. The van der Waals surface area contributed by atoms with Crippen molar-refractivity contribution < 1.29 is 15.0 Å². The molecule has 0 aliphatic heterocycles. The smallest absolute Gasteiger partial charge is 0.312 e. The van der Waals surface area contributed by atoms with Crippen LogP contribution >= 0.6 is 0 Å². The fraction of sp³-hybridized carbons (Fsp3) is 0.929. The molecule has 17 heavy (non-hydrogen) atoms. The van der Waals surface area contributed by atoms with Crippen LogP contribution in [0.5, 0.6) is 0 Å². The number of aliphatic hydroxyl groups is 1. The van der Waals surface area contributed by atoms with Crippen LogP contribution in [0.2, 0.25) is 0 Å². The van der Waals surface area contributed by atoms with Gasteiger partial charge in [0, 0.05) is 0 Å². The first-order valence-corrected chi connectivity index (χ1v) is 6.96. The Hall–Kier alpha value is -0.570. The highest BCUT2D eigenvalue weighted by molar-refractivity contribution is 5.77.